The second-order valence-electron chi connectivity index (χ2n) is 5.53. The molecule has 1 aliphatic rings. The molecule has 0 bridgehead atoms. The van der Waals surface area contributed by atoms with Gasteiger partial charge >= 0.3 is 6.18 Å². The Morgan fingerprint density at radius 3 is 2.46 bits per heavy atom. The van der Waals surface area contributed by atoms with Crippen LogP contribution in [0, 0.1) is 0 Å². The number of nitrogens with zero attached hydrogens (tertiary/aromatic N) is 3. The third kappa shape index (κ3) is 3.64. The van der Waals surface area contributed by atoms with Crippen molar-refractivity contribution in [3.63, 3.8) is 0 Å². The van der Waals surface area contributed by atoms with E-state index in [1.54, 1.807) is 0 Å². The maximum Gasteiger partial charge on any atom is 0.451 e. The van der Waals surface area contributed by atoms with Crippen molar-refractivity contribution >= 4 is 11.6 Å². The molecule has 0 aliphatic carbocycles. The molecule has 3 rings (SSSR count). The summed E-state index contributed by atoms with van der Waals surface area (Å²) in [5, 5.41) is 2.81. The quantitative estimate of drug-likeness (QED) is 0.936. The molecule has 1 aromatic carbocycles. The lowest BCUT2D eigenvalue weighted by Crippen LogP contribution is -2.37. The summed E-state index contributed by atoms with van der Waals surface area (Å²) in [4.78, 5) is 20.7. The summed E-state index contributed by atoms with van der Waals surface area (Å²) in [5.74, 6) is -1.72. The van der Waals surface area contributed by atoms with E-state index < -0.39 is 17.9 Å². The highest BCUT2D eigenvalue weighted by molar-refractivity contribution is 5.93. The molecule has 5 nitrogen and oxygen atoms in total. The van der Waals surface area contributed by atoms with Crippen molar-refractivity contribution in [2.75, 3.05) is 18.0 Å². The molecule has 8 heteroatoms. The Bertz CT molecular complexity index is 704. The van der Waals surface area contributed by atoms with Crippen LogP contribution in [-0.2, 0) is 6.18 Å². The first-order valence-corrected chi connectivity index (χ1v) is 7.43. The lowest BCUT2D eigenvalue weighted by Gasteiger charge is -2.19. The van der Waals surface area contributed by atoms with E-state index >= 15 is 0 Å². The summed E-state index contributed by atoms with van der Waals surface area (Å²) >= 11 is 0. The number of rotatable bonds is 3. The Balaban J connectivity index is 1.60. The summed E-state index contributed by atoms with van der Waals surface area (Å²) in [6.45, 7) is 1.45. The Kier molecular flexibility index (Phi) is 4.37. The van der Waals surface area contributed by atoms with Crippen LogP contribution in [0.3, 0.4) is 0 Å². The van der Waals surface area contributed by atoms with Gasteiger partial charge in [-0.05, 0) is 18.6 Å². The smallest absolute Gasteiger partial charge is 0.369 e. The first-order valence-electron chi connectivity index (χ1n) is 7.43. The maximum absolute atomic E-state index is 12.4. The largest absolute Gasteiger partial charge is 0.451 e. The van der Waals surface area contributed by atoms with Crippen molar-refractivity contribution in [1.82, 2.24) is 15.3 Å². The minimum Gasteiger partial charge on any atom is -0.369 e. The molecule has 24 heavy (non-hydrogen) atoms. The van der Waals surface area contributed by atoms with Crippen LogP contribution < -0.4 is 10.2 Å². The molecular weight excluding hydrogens is 321 g/mol. The van der Waals surface area contributed by atoms with Crippen LogP contribution in [0.25, 0.3) is 0 Å². The SMILES string of the molecule is O=C(NC1CCN(c2ccccc2)C1)c1cnc(C(F)(F)F)nc1. The van der Waals surface area contributed by atoms with Crippen molar-refractivity contribution < 1.29 is 18.0 Å². The Morgan fingerprint density at radius 2 is 1.83 bits per heavy atom. The number of benzene rings is 1. The number of aromatic nitrogens is 2. The molecule has 1 unspecified atom stereocenters. The minimum atomic E-state index is -4.61. The summed E-state index contributed by atoms with van der Waals surface area (Å²) in [6.07, 6.45) is -2.05. The lowest BCUT2D eigenvalue weighted by atomic mass is 10.2. The van der Waals surface area contributed by atoms with Gasteiger partial charge in [-0.3, -0.25) is 4.79 Å². The molecule has 1 saturated heterocycles. The normalized spacial score (nSPS) is 17.8. The van der Waals surface area contributed by atoms with Gasteiger partial charge in [0.05, 0.1) is 5.56 Å². The van der Waals surface area contributed by atoms with E-state index in [-0.39, 0.29) is 11.6 Å². The molecule has 0 radical (unpaired) electrons. The van der Waals surface area contributed by atoms with Crippen LogP contribution in [-0.4, -0.2) is 35.0 Å². The molecular formula is C16H15F3N4O. The molecule has 1 atom stereocenters. The second kappa shape index (κ2) is 6.46. The first kappa shape index (κ1) is 16.2. The predicted octanol–water partition coefficient (Wildman–Crippen LogP) is 2.50. The number of hydrogen-bond acceptors (Lipinski definition) is 4. The van der Waals surface area contributed by atoms with E-state index in [9.17, 15) is 18.0 Å². The van der Waals surface area contributed by atoms with Gasteiger partial charge < -0.3 is 10.2 Å². The molecule has 1 aliphatic heterocycles. The van der Waals surface area contributed by atoms with Crippen LogP contribution in [0.2, 0.25) is 0 Å². The van der Waals surface area contributed by atoms with Crippen molar-refractivity contribution in [3.05, 3.63) is 54.1 Å². The van der Waals surface area contributed by atoms with E-state index in [1.807, 2.05) is 30.3 Å². The number of alkyl halides is 3. The van der Waals surface area contributed by atoms with Crippen LogP contribution in [0.1, 0.15) is 22.6 Å². The second-order valence-corrected chi connectivity index (χ2v) is 5.53. The predicted molar refractivity (Wildman–Crippen MR) is 81.6 cm³/mol. The van der Waals surface area contributed by atoms with E-state index in [2.05, 4.69) is 20.2 Å². The average Bonchev–Trinajstić information content (AvgIpc) is 3.03. The highest BCUT2D eigenvalue weighted by Crippen LogP contribution is 2.25. The zero-order valence-corrected chi connectivity index (χ0v) is 12.6. The maximum atomic E-state index is 12.4. The van der Waals surface area contributed by atoms with Gasteiger partial charge in [-0.2, -0.15) is 13.2 Å². The van der Waals surface area contributed by atoms with Crippen molar-refractivity contribution in [2.45, 2.75) is 18.6 Å². The van der Waals surface area contributed by atoms with E-state index in [0.717, 1.165) is 31.0 Å². The number of nitrogens with one attached hydrogen (secondary N) is 1. The van der Waals surface area contributed by atoms with Crippen LogP contribution in [0.5, 0.6) is 0 Å². The fraction of sp³-hybridized carbons (Fsp3) is 0.312. The molecule has 2 aromatic rings. The van der Waals surface area contributed by atoms with Gasteiger partial charge in [-0.15, -0.1) is 0 Å². The first-order chi connectivity index (χ1) is 11.4. The molecule has 0 spiro atoms. The number of carbonyl (C=O) groups excluding carboxylic acids is 1. The number of hydrogen-bond donors (Lipinski definition) is 1. The number of para-hydroxylation sites is 1. The topological polar surface area (TPSA) is 58.1 Å². The van der Waals surface area contributed by atoms with Gasteiger partial charge in [0.2, 0.25) is 5.82 Å². The molecule has 1 N–H and O–H groups in total. The third-order valence-corrected chi connectivity index (χ3v) is 3.81. The lowest BCUT2D eigenvalue weighted by molar-refractivity contribution is -0.145. The number of carbonyl (C=O) groups is 1. The van der Waals surface area contributed by atoms with Gasteiger partial charge in [0.25, 0.3) is 5.91 Å². The van der Waals surface area contributed by atoms with Crippen LogP contribution >= 0.6 is 0 Å². The Morgan fingerprint density at radius 1 is 1.17 bits per heavy atom. The zero-order chi connectivity index (χ0) is 17.2. The molecule has 1 aromatic heterocycles. The summed E-state index contributed by atoms with van der Waals surface area (Å²) in [7, 11) is 0. The van der Waals surface area contributed by atoms with Gasteiger partial charge in [0.1, 0.15) is 0 Å². The van der Waals surface area contributed by atoms with Gasteiger partial charge in [-0.25, -0.2) is 9.97 Å². The Labute approximate surface area is 136 Å². The summed E-state index contributed by atoms with van der Waals surface area (Å²) < 4.78 is 37.3. The van der Waals surface area contributed by atoms with Crippen molar-refractivity contribution in [2.24, 2.45) is 0 Å². The molecule has 2 heterocycles. The molecule has 0 saturated carbocycles. The van der Waals surface area contributed by atoms with E-state index in [1.165, 1.54) is 0 Å². The highest BCUT2D eigenvalue weighted by Gasteiger charge is 2.34. The monoisotopic (exact) mass is 336 g/mol. The molecule has 1 amide bonds. The fourth-order valence-electron chi connectivity index (χ4n) is 2.61. The van der Waals surface area contributed by atoms with Gasteiger partial charge in [0.15, 0.2) is 0 Å². The van der Waals surface area contributed by atoms with Gasteiger partial charge in [-0.1, -0.05) is 18.2 Å². The van der Waals surface area contributed by atoms with Gasteiger partial charge in [0, 0.05) is 37.2 Å². The minimum absolute atomic E-state index is 0.0150. The number of anilines is 1. The van der Waals surface area contributed by atoms with Crippen molar-refractivity contribution in [3.8, 4) is 0 Å². The fourth-order valence-corrected chi connectivity index (χ4v) is 2.61. The third-order valence-electron chi connectivity index (χ3n) is 3.81. The van der Waals surface area contributed by atoms with Crippen molar-refractivity contribution in [1.29, 1.82) is 0 Å². The van der Waals surface area contributed by atoms with E-state index in [4.69, 9.17) is 0 Å². The summed E-state index contributed by atoms with van der Waals surface area (Å²) in [6, 6.07) is 9.74. The summed E-state index contributed by atoms with van der Waals surface area (Å²) in [5.41, 5.74) is 1.09. The standard InChI is InChI=1S/C16H15F3N4O/c17-16(18,19)15-20-8-11(9-21-15)14(24)22-12-6-7-23(10-12)13-4-2-1-3-5-13/h1-5,8-9,12H,6-7,10H2,(H,22,24). The number of halogens is 3. The van der Waals surface area contributed by atoms with E-state index in [0.29, 0.717) is 6.54 Å². The Hall–Kier alpha value is -2.64. The highest BCUT2D eigenvalue weighted by atomic mass is 19.4. The molecule has 1 fully saturated rings. The zero-order valence-electron chi connectivity index (χ0n) is 12.6. The van der Waals surface area contributed by atoms with Crippen LogP contribution in [0.4, 0.5) is 18.9 Å². The van der Waals surface area contributed by atoms with Crippen LogP contribution in [0.15, 0.2) is 42.7 Å². The number of amides is 1. The average molecular weight is 336 g/mol. The molecule has 126 valence electrons.